The van der Waals surface area contributed by atoms with E-state index >= 15 is 0 Å². The van der Waals surface area contributed by atoms with E-state index in [-0.39, 0.29) is 0 Å². The zero-order chi connectivity index (χ0) is 17.4. The van der Waals surface area contributed by atoms with Crippen LogP contribution in [0.25, 0.3) is 10.9 Å². The monoisotopic (exact) mass is 370 g/mol. The molecular weight excluding hydrogens is 352 g/mol. The molecule has 0 saturated heterocycles. The van der Waals surface area contributed by atoms with Crippen molar-refractivity contribution in [3.63, 3.8) is 0 Å². The van der Waals surface area contributed by atoms with Gasteiger partial charge in [-0.05, 0) is 48.9 Å². The number of aryl methyl sites for hydroxylation is 1. The maximum Gasteiger partial charge on any atom is 0.131 e. The SMILES string of the molecule is COc1ccc2c(c1)CN(c1cc(Cl)c3cc(C)ccc3n1)CCS2. The molecule has 0 aliphatic carbocycles. The second kappa shape index (κ2) is 6.77. The molecule has 3 aromatic rings. The van der Waals surface area contributed by atoms with Crippen LogP contribution in [0.1, 0.15) is 11.1 Å². The second-order valence-electron chi connectivity index (χ2n) is 6.23. The number of fused-ring (bicyclic) bond motifs is 2. The van der Waals surface area contributed by atoms with Crippen LogP contribution < -0.4 is 9.64 Å². The van der Waals surface area contributed by atoms with Gasteiger partial charge in [0.2, 0.25) is 0 Å². The average molecular weight is 371 g/mol. The van der Waals surface area contributed by atoms with Gasteiger partial charge in [0, 0.05) is 29.1 Å². The lowest BCUT2D eigenvalue weighted by atomic mass is 10.1. The predicted molar refractivity (Wildman–Crippen MR) is 106 cm³/mol. The van der Waals surface area contributed by atoms with Gasteiger partial charge in [-0.3, -0.25) is 0 Å². The third kappa shape index (κ3) is 3.29. The van der Waals surface area contributed by atoms with Crippen molar-refractivity contribution in [3.8, 4) is 5.75 Å². The fourth-order valence-electron chi connectivity index (χ4n) is 3.14. The van der Waals surface area contributed by atoms with Crippen molar-refractivity contribution in [2.24, 2.45) is 0 Å². The number of anilines is 1. The number of rotatable bonds is 2. The van der Waals surface area contributed by atoms with E-state index in [1.165, 1.54) is 16.0 Å². The number of pyridine rings is 1. The molecule has 4 rings (SSSR count). The summed E-state index contributed by atoms with van der Waals surface area (Å²) < 4.78 is 5.39. The van der Waals surface area contributed by atoms with Gasteiger partial charge < -0.3 is 9.64 Å². The molecule has 1 aromatic heterocycles. The van der Waals surface area contributed by atoms with Crippen LogP contribution >= 0.6 is 23.4 Å². The first-order valence-corrected chi connectivity index (χ1v) is 9.62. The Labute approximate surface area is 157 Å². The highest BCUT2D eigenvalue weighted by molar-refractivity contribution is 7.99. The Morgan fingerprint density at radius 1 is 1.16 bits per heavy atom. The minimum absolute atomic E-state index is 0.756. The summed E-state index contributed by atoms with van der Waals surface area (Å²) in [6.07, 6.45) is 0. The van der Waals surface area contributed by atoms with Crippen molar-refractivity contribution < 1.29 is 4.74 Å². The van der Waals surface area contributed by atoms with Crippen LogP contribution in [-0.4, -0.2) is 24.4 Å². The highest BCUT2D eigenvalue weighted by atomic mass is 35.5. The van der Waals surface area contributed by atoms with E-state index in [1.54, 1.807) is 7.11 Å². The van der Waals surface area contributed by atoms with Crippen molar-refractivity contribution in [2.45, 2.75) is 18.4 Å². The lowest BCUT2D eigenvalue weighted by Gasteiger charge is -2.22. The summed E-state index contributed by atoms with van der Waals surface area (Å²) in [5.41, 5.74) is 3.40. The number of thioether (sulfide) groups is 1. The molecule has 0 N–H and O–H groups in total. The Balaban J connectivity index is 1.73. The number of aromatic nitrogens is 1. The van der Waals surface area contributed by atoms with Gasteiger partial charge in [-0.25, -0.2) is 4.98 Å². The van der Waals surface area contributed by atoms with Crippen molar-refractivity contribution >= 4 is 40.1 Å². The first-order chi connectivity index (χ1) is 12.1. The highest BCUT2D eigenvalue weighted by Crippen LogP contribution is 2.34. The third-order valence-electron chi connectivity index (χ3n) is 4.47. The summed E-state index contributed by atoms with van der Waals surface area (Å²) in [6, 6.07) is 14.5. The van der Waals surface area contributed by atoms with E-state index < -0.39 is 0 Å². The van der Waals surface area contributed by atoms with E-state index in [9.17, 15) is 0 Å². The Morgan fingerprint density at radius 3 is 2.88 bits per heavy atom. The van der Waals surface area contributed by atoms with E-state index in [0.717, 1.165) is 46.3 Å². The topological polar surface area (TPSA) is 25.4 Å². The normalized spacial score (nSPS) is 14.3. The molecule has 2 heterocycles. The van der Waals surface area contributed by atoms with Crippen LogP contribution in [-0.2, 0) is 6.54 Å². The number of benzene rings is 2. The minimum atomic E-state index is 0.756. The molecule has 2 aromatic carbocycles. The summed E-state index contributed by atoms with van der Waals surface area (Å²) in [7, 11) is 1.70. The van der Waals surface area contributed by atoms with Crippen molar-refractivity contribution in [2.75, 3.05) is 24.3 Å². The van der Waals surface area contributed by atoms with E-state index in [4.69, 9.17) is 21.3 Å². The molecule has 0 radical (unpaired) electrons. The van der Waals surface area contributed by atoms with Crippen molar-refractivity contribution in [1.29, 1.82) is 0 Å². The van der Waals surface area contributed by atoms with Gasteiger partial charge in [0.1, 0.15) is 11.6 Å². The van der Waals surface area contributed by atoms with Crippen LogP contribution in [0.3, 0.4) is 0 Å². The summed E-state index contributed by atoms with van der Waals surface area (Å²) in [5, 5.41) is 1.77. The number of hydrogen-bond acceptors (Lipinski definition) is 4. The Kier molecular flexibility index (Phi) is 4.48. The maximum absolute atomic E-state index is 6.55. The molecule has 1 aliphatic rings. The molecular formula is C20H19ClN2OS. The molecule has 0 spiro atoms. The average Bonchev–Trinajstić information content (AvgIpc) is 2.83. The molecule has 0 atom stereocenters. The van der Waals surface area contributed by atoms with Gasteiger partial charge in [-0.1, -0.05) is 23.2 Å². The van der Waals surface area contributed by atoms with E-state index in [0.29, 0.717) is 0 Å². The largest absolute Gasteiger partial charge is 0.497 e. The second-order valence-corrected chi connectivity index (χ2v) is 7.77. The van der Waals surface area contributed by atoms with Crippen LogP contribution in [0.2, 0.25) is 5.02 Å². The molecule has 0 amide bonds. The van der Waals surface area contributed by atoms with Gasteiger partial charge >= 0.3 is 0 Å². The predicted octanol–water partition coefficient (Wildman–Crippen LogP) is 5.32. The highest BCUT2D eigenvalue weighted by Gasteiger charge is 2.18. The molecule has 128 valence electrons. The number of nitrogens with zero attached hydrogens (tertiary/aromatic N) is 2. The van der Waals surface area contributed by atoms with Crippen molar-refractivity contribution in [3.05, 3.63) is 58.6 Å². The molecule has 0 bridgehead atoms. The standard InChI is InChI=1S/C20H19ClN2OS/c1-13-3-5-18-16(9-13)17(21)11-20(22-18)23-7-8-25-19-6-4-15(24-2)10-14(19)12-23/h3-6,9-11H,7-8,12H2,1-2H3. The zero-order valence-corrected chi connectivity index (χ0v) is 15.8. The Hall–Kier alpha value is -1.91. The fraction of sp³-hybridized carbons (Fsp3) is 0.250. The Morgan fingerprint density at radius 2 is 2.04 bits per heavy atom. The number of ether oxygens (including phenoxy) is 1. The summed E-state index contributed by atoms with van der Waals surface area (Å²) in [6.45, 7) is 3.81. The van der Waals surface area contributed by atoms with E-state index in [1.807, 2.05) is 30.0 Å². The zero-order valence-electron chi connectivity index (χ0n) is 14.3. The molecule has 3 nitrogen and oxygen atoms in total. The van der Waals surface area contributed by atoms with Gasteiger partial charge in [0.15, 0.2) is 0 Å². The van der Waals surface area contributed by atoms with Gasteiger partial charge in [-0.15, -0.1) is 11.8 Å². The first-order valence-electron chi connectivity index (χ1n) is 8.25. The maximum atomic E-state index is 6.55. The van der Waals surface area contributed by atoms with Crippen molar-refractivity contribution in [1.82, 2.24) is 4.98 Å². The van der Waals surface area contributed by atoms with Crippen LogP contribution in [0, 0.1) is 6.92 Å². The van der Waals surface area contributed by atoms with Crippen LogP contribution in [0.4, 0.5) is 5.82 Å². The molecule has 25 heavy (non-hydrogen) atoms. The molecule has 5 heteroatoms. The van der Waals surface area contributed by atoms with E-state index in [2.05, 4.69) is 36.1 Å². The smallest absolute Gasteiger partial charge is 0.131 e. The first kappa shape index (κ1) is 16.6. The fourth-order valence-corrected chi connectivity index (χ4v) is 4.39. The molecule has 1 aliphatic heterocycles. The molecule has 0 unspecified atom stereocenters. The lowest BCUT2D eigenvalue weighted by Crippen LogP contribution is -2.25. The number of methoxy groups -OCH3 is 1. The number of hydrogen-bond donors (Lipinski definition) is 0. The van der Waals surface area contributed by atoms with Crippen LogP contribution in [0.5, 0.6) is 5.75 Å². The summed E-state index contributed by atoms with van der Waals surface area (Å²) in [5.74, 6) is 2.84. The lowest BCUT2D eigenvalue weighted by molar-refractivity contribution is 0.414. The van der Waals surface area contributed by atoms with Gasteiger partial charge in [0.25, 0.3) is 0 Å². The summed E-state index contributed by atoms with van der Waals surface area (Å²) in [4.78, 5) is 8.47. The minimum Gasteiger partial charge on any atom is -0.497 e. The van der Waals surface area contributed by atoms with Gasteiger partial charge in [-0.2, -0.15) is 0 Å². The Bertz CT molecular complexity index is 944. The van der Waals surface area contributed by atoms with Gasteiger partial charge in [0.05, 0.1) is 17.6 Å². The quantitative estimate of drug-likeness (QED) is 0.609. The molecule has 0 saturated carbocycles. The number of halogens is 1. The molecule has 0 fully saturated rings. The summed E-state index contributed by atoms with van der Waals surface area (Å²) >= 11 is 8.43. The van der Waals surface area contributed by atoms with Crippen LogP contribution in [0.15, 0.2) is 47.4 Å². The third-order valence-corrected chi connectivity index (χ3v) is 5.88.